The average molecular weight is 453 g/mol. The Balaban J connectivity index is 1.58. The number of carbonyl (C=O) groups excluding carboxylic acids is 4. The van der Waals surface area contributed by atoms with Gasteiger partial charge in [-0.1, -0.05) is 48.0 Å². The summed E-state index contributed by atoms with van der Waals surface area (Å²) >= 11 is 6.27. The number of nitrogens with one attached hydrogen (secondary N) is 2. The van der Waals surface area contributed by atoms with Crippen molar-refractivity contribution < 1.29 is 19.2 Å². The number of fused-ring (bicyclic) bond motifs is 4. The molecule has 9 heteroatoms. The number of imide groups is 1. The first-order chi connectivity index (χ1) is 15.3. The fourth-order valence-electron chi connectivity index (χ4n) is 5.32. The van der Waals surface area contributed by atoms with E-state index in [2.05, 4.69) is 10.6 Å². The lowest BCUT2D eigenvalue weighted by Crippen LogP contribution is -2.53. The van der Waals surface area contributed by atoms with Gasteiger partial charge in [-0.3, -0.25) is 29.4 Å². The summed E-state index contributed by atoms with van der Waals surface area (Å²) in [6.07, 6.45) is 0.277. The van der Waals surface area contributed by atoms with Gasteiger partial charge in [-0.15, -0.1) is 0 Å². The van der Waals surface area contributed by atoms with Crippen molar-refractivity contribution in [3.05, 3.63) is 64.7 Å². The van der Waals surface area contributed by atoms with E-state index in [1.54, 1.807) is 48.5 Å². The predicted molar refractivity (Wildman–Crippen MR) is 116 cm³/mol. The lowest BCUT2D eigenvalue weighted by Gasteiger charge is -2.29. The first kappa shape index (κ1) is 20.7. The van der Waals surface area contributed by atoms with Gasteiger partial charge in [-0.25, -0.2) is 0 Å². The number of nitrogens with two attached hydrogens (primary N) is 1. The van der Waals surface area contributed by atoms with Crippen LogP contribution in [0.2, 0.25) is 5.02 Å². The van der Waals surface area contributed by atoms with Crippen molar-refractivity contribution in [1.82, 2.24) is 10.2 Å². The summed E-state index contributed by atoms with van der Waals surface area (Å²) in [6, 6.07) is 13.6. The Morgan fingerprint density at radius 1 is 1.06 bits per heavy atom. The van der Waals surface area contributed by atoms with E-state index in [1.807, 2.05) is 0 Å². The first-order valence-corrected chi connectivity index (χ1v) is 10.8. The van der Waals surface area contributed by atoms with Gasteiger partial charge >= 0.3 is 0 Å². The Bertz CT molecular complexity index is 1170. The fraction of sp³-hybridized carbons (Fsp3) is 0.304. The normalized spacial score (nSPS) is 28.2. The van der Waals surface area contributed by atoms with Gasteiger partial charge in [0.25, 0.3) is 0 Å². The number of benzene rings is 2. The predicted octanol–water partition coefficient (Wildman–Crippen LogP) is 1.53. The van der Waals surface area contributed by atoms with Gasteiger partial charge in [-0.05, 0) is 24.1 Å². The first-order valence-electron chi connectivity index (χ1n) is 10.4. The fourth-order valence-corrected chi connectivity index (χ4v) is 5.51. The summed E-state index contributed by atoms with van der Waals surface area (Å²) in [7, 11) is 0. The molecule has 32 heavy (non-hydrogen) atoms. The molecule has 4 atom stereocenters. The molecular weight excluding hydrogens is 432 g/mol. The van der Waals surface area contributed by atoms with E-state index >= 15 is 0 Å². The molecule has 3 aliphatic heterocycles. The molecule has 0 saturated carbocycles. The van der Waals surface area contributed by atoms with Crippen molar-refractivity contribution in [2.45, 2.75) is 31.0 Å². The third-order valence-electron chi connectivity index (χ3n) is 6.70. The third kappa shape index (κ3) is 2.87. The molecule has 8 nitrogen and oxygen atoms in total. The van der Waals surface area contributed by atoms with Crippen LogP contribution in [0, 0.1) is 11.8 Å². The van der Waals surface area contributed by atoms with Gasteiger partial charge in [0.05, 0.1) is 18.4 Å². The molecule has 3 heterocycles. The molecule has 2 aromatic rings. The van der Waals surface area contributed by atoms with Gasteiger partial charge in [-0.2, -0.15) is 0 Å². The smallest absolute Gasteiger partial charge is 0.250 e. The van der Waals surface area contributed by atoms with Crippen LogP contribution >= 0.6 is 11.6 Å². The highest BCUT2D eigenvalue weighted by Crippen LogP contribution is 2.53. The lowest BCUT2D eigenvalue weighted by molar-refractivity contribution is -0.143. The SMILES string of the molecule is NC(=O)CC[C@H]1N[C@]2(C(=O)Nc3ccccc32)[C@@H]2C(=O)N(Cc3ccccc3Cl)C(=O)[C@@H]21. The van der Waals surface area contributed by atoms with E-state index in [0.717, 1.165) is 0 Å². The lowest BCUT2D eigenvalue weighted by atomic mass is 9.76. The van der Waals surface area contributed by atoms with Crippen LogP contribution in [-0.4, -0.2) is 34.6 Å². The Kier molecular flexibility index (Phi) is 4.79. The second kappa shape index (κ2) is 7.43. The van der Waals surface area contributed by atoms with Crippen LogP contribution in [0.15, 0.2) is 48.5 Å². The largest absolute Gasteiger partial charge is 0.370 e. The highest BCUT2D eigenvalue weighted by Gasteiger charge is 2.70. The number of amides is 4. The minimum absolute atomic E-state index is 0.0201. The van der Waals surface area contributed by atoms with Gasteiger partial charge in [0.2, 0.25) is 23.6 Å². The van der Waals surface area contributed by atoms with E-state index in [-0.39, 0.29) is 31.2 Å². The second-order valence-corrected chi connectivity index (χ2v) is 8.83. The second-order valence-electron chi connectivity index (χ2n) is 8.42. The number of hydrogen-bond acceptors (Lipinski definition) is 5. The molecule has 4 N–H and O–H groups in total. The topological polar surface area (TPSA) is 122 Å². The molecule has 1 spiro atoms. The average Bonchev–Trinajstić information content (AvgIpc) is 3.34. The molecule has 0 aromatic heterocycles. The van der Waals surface area contributed by atoms with E-state index in [4.69, 9.17) is 17.3 Å². The maximum Gasteiger partial charge on any atom is 0.250 e. The summed E-state index contributed by atoms with van der Waals surface area (Å²) in [5, 5.41) is 6.56. The quantitative estimate of drug-likeness (QED) is 0.594. The number of hydrogen-bond donors (Lipinski definition) is 3. The molecule has 4 amide bonds. The van der Waals surface area contributed by atoms with Crippen molar-refractivity contribution in [2.24, 2.45) is 17.6 Å². The molecule has 164 valence electrons. The van der Waals surface area contributed by atoms with E-state index in [1.165, 1.54) is 4.90 Å². The molecule has 3 aliphatic rings. The summed E-state index contributed by atoms with van der Waals surface area (Å²) in [6.45, 7) is 0.0201. The molecule has 5 rings (SSSR count). The van der Waals surface area contributed by atoms with Gasteiger partial charge < -0.3 is 11.1 Å². The molecule has 0 aliphatic carbocycles. The molecule has 0 unspecified atom stereocenters. The van der Waals surface area contributed by atoms with Crippen molar-refractivity contribution >= 4 is 40.9 Å². The number of nitrogens with zero attached hydrogens (tertiary/aromatic N) is 1. The minimum Gasteiger partial charge on any atom is -0.370 e. The Morgan fingerprint density at radius 3 is 2.53 bits per heavy atom. The Morgan fingerprint density at radius 2 is 1.78 bits per heavy atom. The van der Waals surface area contributed by atoms with Gasteiger partial charge in [0.1, 0.15) is 5.54 Å². The highest BCUT2D eigenvalue weighted by atomic mass is 35.5. The van der Waals surface area contributed by atoms with Crippen molar-refractivity contribution in [1.29, 1.82) is 0 Å². The van der Waals surface area contributed by atoms with Crippen molar-refractivity contribution in [2.75, 3.05) is 5.32 Å². The third-order valence-corrected chi connectivity index (χ3v) is 7.07. The number of para-hydroxylation sites is 1. The number of carbonyl (C=O) groups is 4. The number of rotatable bonds is 5. The van der Waals surface area contributed by atoms with Crippen molar-refractivity contribution in [3.63, 3.8) is 0 Å². The van der Waals surface area contributed by atoms with E-state index in [9.17, 15) is 19.2 Å². The van der Waals surface area contributed by atoms with E-state index < -0.39 is 35.2 Å². The molecule has 0 radical (unpaired) electrons. The van der Waals surface area contributed by atoms with Crippen LogP contribution in [0.5, 0.6) is 0 Å². The number of primary amides is 1. The summed E-state index contributed by atoms with van der Waals surface area (Å²) in [5.74, 6) is -3.42. The standard InChI is InChI=1S/C23H21ClN4O4/c24-14-7-3-1-5-12(14)11-28-20(30)18-16(9-10-17(25)29)27-23(19(18)21(28)31)13-6-2-4-8-15(13)26-22(23)32/h1-8,16,18-19,27H,9-11H2,(H2,25,29)(H,26,32)/t16-,18-,19+,23+/m1/s1. The zero-order valence-electron chi connectivity index (χ0n) is 17.0. The van der Waals surface area contributed by atoms with Crippen LogP contribution in [0.3, 0.4) is 0 Å². The Labute approximate surface area is 189 Å². The van der Waals surface area contributed by atoms with Crippen LogP contribution in [-0.2, 0) is 31.3 Å². The molecule has 0 bridgehead atoms. The summed E-state index contributed by atoms with van der Waals surface area (Å²) < 4.78 is 0. The van der Waals surface area contributed by atoms with Crippen LogP contribution in [0.1, 0.15) is 24.0 Å². The number of likely N-dealkylation sites (tertiary alicyclic amines) is 1. The Hall–Kier alpha value is -3.23. The number of halogens is 1. The maximum absolute atomic E-state index is 13.7. The highest BCUT2D eigenvalue weighted by molar-refractivity contribution is 6.31. The summed E-state index contributed by atoms with van der Waals surface area (Å²) in [4.78, 5) is 53.1. The van der Waals surface area contributed by atoms with Crippen LogP contribution < -0.4 is 16.4 Å². The molecule has 2 saturated heterocycles. The van der Waals surface area contributed by atoms with Crippen molar-refractivity contribution in [3.8, 4) is 0 Å². The zero-order valence-corrected chi connectivity index (χ0v) is 17.8. The van der Waals surface area contributed by atoms with Gasteiger partial charge in [0, 0.05) is 28.7 Å². The van der Waals surface area contributed by atoms with Crippen LogP contribution in [0.4, 0.5) is 5.69 Å². The minimum atomic E-state index is -1.38. The van der Waals surface area contributed by atoms with E-state index in [0.29, 0.717) is 21.8 Å². The monoisotopic (exact) mass is 452 g/mol. The zero-order chi connectivity index (χ0) is 22.6. The maximum atomic E-state index is 13.7. The summed E-state index contributed by atoms with van der Waals surface area (Å²) in [5.41, 5.74) is 5.83. The molecule has 2 aromatic carbocycles. The number of anilines is 1. The molecule has 2 fully saturated rings. The van der Waals surface area contributed by atoms with Gasteiger partial charge in [0.15, 0.2) is 0 Å². The molecular formula is C23H21ClN4O4. The van der Waals surface area contributed by atoms with Crippen LogP contribution in [0.25, 0.3) is 0 Å².